The monoisotopic (exact) mass is 247 g/mol. The number of halogens is 3. The molecule has 0 amide bonds. The Kier molecular flexibility index (Phi) is 2.88. The van der Waals surface area contributed by atoms with Crippen molar-refractivity contribution in [3.63, 3.8) is 0 Å². The van der Waals surface area contributed by atoms with E-state index in [1.807, 2.05) is 0 Å². The molecule has 2 aromatic rings. The van der Waals surface area contributed by atoms with Crippen LogP contribution < -0.4 is 0 Å². The Morgan fingerprint density at radius 2 is 2.24 bits per heavy atom. The molecule has 0 saturated carbocycles. The molecule has 0 saturated heterocycles. The average Bonchev–Trinajstić information content (AvgIpc) is 2.87. The van der Waals surface area contributed by atoms with Crippen LogP contribution in [0.5, 0.6) is 0 Å². The van der Waals surface area contributed by atoms with Crippen LogP contribution in [0.4, 0.5) is 13.2 Å². The van der Waals surface area contributed by atoms with Crippen LogP contribution in [-0.2, 0) is 6.54 Å². The maximum absolute atomic E-state index is 12.2. The minimum absolute atomic E-state index is 0.182. The lowest BCUT2D eigenvalue weighted by atomic mass is 10.2. The number of aliphatic hydroxyl groups is 1. The molecule has 8 heteroatoms. The maximum atomic E-state index is 12.2. The highest BCUT2D eigenvalue weighted by atomic mass is 19.4. The summed E-state index contributed by atoms with van der Waals surface area (Å²) in [5.41, 5.74) is -0.221. The number of rotatable bonds is 3. The fraction of sp³-hybridized carbons (Fsp3) is 0.333. The van der Waals surface area contributed by atoms with E-state index >= 15 is 0 Å². The summed E-state index contributed by atoms with van der Waals surface area (Å²) in [6.45, 7) is 0.182. The van der Waals surface area contributed by atoms with Crippen LogP contribution in [0.3, 0.4) is 0 Å². The van der Waals surface area contributed by atoms with Gasteiger partial charge in [-0.3, -0.25) is 0 Å². The predicted molar refractivity (Wildman–Crippen MR) is 48.8 cm³/mol. The summed E-state index contributed by atoms with van der Waals surface area (Å²) in [5, 5.41) is 12.5. The van der Waals surface area contributed by atoms with E-state index in [0.29, 0.717) is 5.82 Å². The van der Waals surface area contributed by atoms with Crippen molar-refractivity contribution in [2.75, 3.05) is 0 Å². The Balaban J connectivity index is 2.11. The van der Waals surface area contributed by atoms with Crippen molar-refractivity contribution in [1.82, 2.24) is 14.7 Å². The van der Waals surface area contributed by atoms with Crippen molar-refractivity contribution < 1.29 is 22.8 Å². The molecule has 5 nitrogen and oxygen atoms in total. The lowest BCUT2D eigenvalue weighted by molar-refractivity contribution is -0.206. The lowest BCUT2D eigenvalue weighted by Gasteiger charge is -2.12. The Bertz CT molecular complexity index is 478. The fourth-order valence-electron chi connectivity index (χ4n) is 1.33. The first-order chi connectivity index (χ1) is 7.97. The van der Waals surface area contributed by atoms with Crippen LogP contribution in [0.25, 0.3) is 0 Å². The topological polar surface area (TPSA) is 64.1 Å². The second-order valence-electron chi connectivity index (χ2n) is 3.41. The largest absolute Gasteiger partial charge is 0.418 e. The second-order valence-corrected chi connectivity index (χ2v) is 3.41. The smallest absolute Gasteiger partial charge is 0.379 e. The first-order valence-corrected chi connectivity index (χ1v) is 4.62. The summed E-state index contributed by atoms with van der Waals surface area (Å²) in [6.07, 6.45) is -3.42. The van der Waals surface area contributed by atoms with E-state index in [9.17, 15) is 13.2 Å². The summed E-state index contributed by atoms with van der Waals surface area (Å²) in [7, 11) is 0. The SMILES string of the molecule is OC(c1ccn(Cc2ncon2)c1)C(F)(F)F. The normalized spacial score (nSPS) is 13.9. The molecule has 2 rings (SSSR count). The van der Waals surface area contributed by atoms with Crippen LogP contribution in [0, 0.1) is 0 Å². The van der Waals surface area contributed by atoms with E-state index in [1.54, 1.807) is 0 Å². The van der Waals surface area contributed by atoms with Gasteiger partial charge in [-0.2, -0.15) is 18.2 Å². The molecule has 2 heterocycles. The number of aromatic nitrogens is 3. The molecule has 0 aromatic carbocycles. The molecule has 0 aliphatic carbocycles. The molecule has 1 N–H and O–H groups in total. The molecule has 0 fully saturated rings. The highest BCUT2D eigenvalue weighted by Crippen LogP contribution is 2.32. The summed E-state index contributed by atoms with van der Waals surface area (Å²) in [6, 6.07) is 1.19. The van der Waals surface area contributed by atoms with Gasteiger partial charge in [-0.05, 0) is 6.07 Å². The quantitative estimate of drug-likeness (QED) is 0.893. The van der Waals surface area contributed by atoms with Crippen molar-refractivity contribution in [2.45, 2.75) is 18.8 Å². The summed E-state index contributed by atoms with van der Waals surface area (Å²) >= 11 is 0. The fourth-order valence-corrected chi connectivity index (χ4v) is 1.33. The van der Waals surface area contributed by atoms with E-state index in [0.717, 1.165) is 6.39 Å². The molecule has 0 spiro atoms. The molecule has 17 heavy (non-hydrogen) atoms. The number of aliphatic hydroxyl groups excluding tert-OH is 1. The molecule has 92 valence electrons. The number of nitrogens with zero attached hydrogens (tertiary/aromatic N) is 3. The van der Waals surface area contributed by atoms with Gasteiger partial charge in [-0.15, -0.1) is 0 Å². The molecule has 1 atom stereocenters. The zero-order valence-electron chi connectivity index (χ0n) is 8.42. The number of hydrogen-bond acceptors (Lipinski definition) is 4. The highest BCUT2D eigenvalue weighted by molar-refractivity contribution is 5.15. The molecule has 0 bridgehead atoms. The predicted octanol–water partition coefficient (Wildman–Crippen LogP) is 1.52. The van der Waals surface area contributed by atoms with E-state index < -0.39 is 12.3 Å². The summed E-state index contributed by atoms with van der Waals surface area (Å²) in [5.74, 6) is 0.341. The second kappa shape index (κ2) is 4.21. The summed E-state index contributed by atoms with van der Waals surface area (Å²) in [4.78, 5) is 3.73. The Morgan fingerprint density at radius 3 is 2.82 bits per heavy atom. The van der Waals surface area contributed by atoms with Crippen molar-refractivity contribution in [3.05, 3.63) is 36.2 Å². The van der Waals surface area contributed by atoms with Gasteiger partial charge in [0.25, 0.3) is 0 Å². The van der Waals surface area contributed by atoms with Crippen molar-refractivity contribution >= 4 is 0 Å². The van der Waals surface area contributed by atoms with Gasteiger partial charge in [-0.1, -0.05) is 5.16 Å². The summed E-state index contributed by atoms with van der Waals surface area (Å²) < 4.78 is 42.6. The lowest BCUT2D eigenvalue weighted by Crippen LogP contribution is -2.19. The standard InChI is InChI=1S/C9H8F3N3O2/c10-9(11,12)8(16)6-1-2-15(3-6)4-7-13-5-17-14-7/h1-3,5,8,16H,4H2. The van der Waals surface area contributed by atoms with Crippen molar-refractivity contribution in [1.29, 1.82) is 0 Å². The van der Waals surface area contributed by atoms with Gasteiger partial charge in [-0.25, -0.2) is 0 Å². The van der Waals surface area contributed by atoms with Crippen LogP contribution in [-0.4, -0.2) is 26.0 Å². The van der Waals surface area contributed by atoms with Crippen LogP contribution in [0.1, 0.15) is 17.5 Å². The van der Waals surface area contributed by atoms with Crippen LogP contribution >= 0.6 is 0 Å². The molecule has 0 radical (unpaired) electrons. The third kappa shape index (κ3) is 2.64. The van der Waals surface area contributed by atoms with Gasteiger partial charge >= 0.3 is 6.18 Å². The van der Waals surface area contributed by atoms with Gasteiger partial charge in [0.2, 0.25) is 6.39 Å². The minimum Gasteiger partial charge on any atom is -0.379 e. The van der Waals surface area contributed by atoms with Crippen molar-refractivity contribution in [2.24, 2.45) is 0 Å². The zero-order valence-corrected chi connectivity index (χ0v) is 8.42. The Morgan fingerprint density at radius 1 is 1.47 bits per heavy atom. The molecule has 2 aromatic heterocycles. The third-order valence-corrected chi connectivity index (χ3v) is 2.13. The molecular formula is C9H8F3N3O2. The van der Waals surface area contributed by atoms with Gasteiger partial charge in [0, 0.05) is 18.0 Å². The first-order valence-electron chi connectivity index (χ1n) is 4.62. The van der Waals surface area contributed by atoms with Crippen LogP contribution in [0.15, 0.2) is 29.4 Å². The molecular weight excluding hydrogens is 239 g/mol. The molecule has 0 aliphatic rings. The van der Waals surface area contributed by atoms with Gasteiger partial charge in [0.15, 0.2) is 11.9 Å². The van der Waals surface area contributed by atoms with E-state index in [1.165, 1.54) is 23.0 Å². The number of alkyl halides is 3. The number of hydrogen-bond donors (Lipinski definition) is 1. The first kappa shape index (κ1) is 11.6. The average molecular weight is 247 g/mol. The highest BCUT2D eigenvalue weighted by Gasteiger charge is 2.39. The van der Waals surface area contributed by atoms with Gasteiger partial charge in [0.1, 0.15) is 0 Å². The van der Waals surface area contributed by atoms with Crippen molar-refractivity contribution in [3.8, 4) is 0 Å². The van der Waals surface area contributed by atoms with E-state index in [4.69, 9.17) is 5.11 Å². The molecule has 1 unspecified atom stereocenters. The Labute approximate surface area is 93.5 Å². The maximum Gasteiger partial charge on any atom is 0.418 e. The molecule has 0 aliphatic heterocycles. The zero-order chi connectivity index (χ0) is 12.5. The van der Waals surface area contributed by atoms with Gasteiger partial charge in [0.05, 0.1) is 6.54 Å². The minimum atomic E-state index is -4.67. The van der Waals surface area contributed by atoms with E-state index in [2.05, 4.69) is 14.7 Å². The van der Waals surface area contributed by atoms with Crippen LogP contribution in [0.2, 0.25) is 0 Å². The Hall–Kier alpha value is -1.83. The van der Waals surface area contributed by atoms with E-state index in [-0.39, 0.29) is 12.1 Å². The van der Waals surface area contributed by atoms with Gasteiger partial charge < -0.3 is 14.2 Å². The third-order valence-electron chi connectivity index (χ3n) is 2.13.